The zero-order valence-corrected chi connectivity index (χ0v) is 7.19. The van der Waals surface area contributed by atoms with Crippen LogP contribution in [0.3, 0.4) is 0 Å². The first-order valence-corrected chi connectivity index (χ1v) is 4.42. The van der Waals surface area contributed by atoms with E-state index < -0.39 is 11.6 Å². The summed E-state index contributed by atoms with van der Waals surface area (Å²) in [6.07, 6.45) is 2.30. The van der Waals surface area contributed by atoms with Gasteiger partial charge in [-0.05, 0) is 36.5 Å². The molecule has 0 amide bonds. The fourth-order valence-electron chi connectivity index (χ4n) is 1.86. The predicted octanol–water partition coefficient (Wildman–Crippen LogP) is 2.30. The van der Waals surface area contributed by atoms with Crippen LogP contribution in [0.1, 0.15) is 30.0 Å². The van der Waals surface area contributed by atoms with Crippen LogP contribution in [0, 0.1) is 11.6 Å². The van der Waals surface area contributed by atoms with E-state index in [1.165, 1.54) is 0 Å². The second-order valence-corrected chi connectivity index (χ2v) is 3.43. The number of benzene rings is 1. The van der Waals surface area contributed by atoms with Gasteiger partial charge in [0.25, 0.3) is 0 Å². The van der Waals surface area contributed by atoms with Gasteiger partial charge in [-0.15, -0.1) is 0 Å². The molecule has 1 aromatic rings. The summed E-state index contributed by atoms with van der Waals surface area (Å²) in [5.74, 6) is -1.49. The number of nitrogens with two attached hydrogens (primary N) is 1. The minimum atomic E-state index is -0.771. The van der Waals surface area contributed by atoms with E-state index in [9.17, 15) is 8.78 Å². The molecule has 2 N–H and O–H groups in total. The molecule has 2 rings (SSSR count). The van der Waals surface area contributed by atoms with Crippen molar-refractivity contribution in [1.29, 1.82) is 0 Å². The van der Waals surface area contributed by atoms with Crippen molar-refractivity contribution in [3.05, 3.63) is 34.9 Å². The van der Waals surface area contributed by atoms with Gasteiger partial charge in [-0.25, -0.2) is 8.78 Å². The summed E-state index contributed by atoms with van der Waals surface area (Å²) in [7, 11) is 0. The van der Waals surface area contributed by atoms with Gasteiger partial charge in [0.2, 0.25) is 0 Å². The van der Waals surface area contributed by atoms with E-state index in [0.717, 1.165) is 24.5 Å². The van der Waals surface area contributed by atoms with Crippen molar-refractivity contribution in [2.45, 2.75) is 25.3 Å². The highest BCUT2D eigenvalue weighted by Gasteiger charge is 2.21. The summed E-state index contributed by atoms with van der Waals surface area (Å²) in [6, 6.07) is 2.62. The molecule has 13 heavy (non-hydrogen) atoms. The third-order valence-electron chi connectivity index (χ3n) is 2.57. The van der Waals surface area contributed by atoms with Crippen molar-refractivity contribution in [1.82, 2.24) is 0 Å². The summed E-state index contributed by atoms with van der Waals surface area (Å²) < 4.78 is 26.0. The summed E-state index contributed by atoms with van der Waals surface area (Å²) in [6.45, 7) is 0. The summed E-state index contributed by atoms with van der Waals surface area (Å²) >= 11 is 0. The predicted molar refractivity (Wildman–Crippen MR) is 46.2 cm³/mol. The van der Waals surface area contributed by atoms with Gasteiger partial charge in [0.15, 0.2) is 11.6 Å². The summed E-state index contributed by atoms with van der Waals surface area (Å²) in [5.41, 5.74) is 7.02. The molecule has 1 atom stereocenters. The molecule has 0 heterocycles. The quantitative estimate of drug-likeness (QED) is 0.656. The van der Waals surface area contributed by atoms with Gasteiger partial charge in [0, 0.05) is 6.04 Å². The Bertz CT molecular complexity index is 336. The third-order valence-corrected chi connectivity index (χ3v) is 2.57. The lowest BCUT2D eigenvalue weighted by atomic mass is 9.88. The molecule has 0 aromatic heterocycles. The van der Waals surface area contributed by atoms with E-state index in [0.29, 0.717) is 12.0 Å². The van der Waals surface area contributed by atoms with Gasteiger partial charge in [-0.2, -0.15) is 0 Å². The molecule has 0 bridgehead atoms. The molecular weight excluding hydrogens is 172 g/mol. The number of rotatable bonds is 0. The molecule has 1 unspecified atom stereocenters. The maximum atomic E-state index is 13.2. The zero-order valence-electron chi connectivity index (χ0n) is 7.19. The van der Waals surface area contributed by atoms with Crippen LogP contribution in [0.2, 0.25) is 0 Å². The van der Waals surface area contributed by atoms with E-state index in [4.69, 9.17) is 5.73 Å². The normalized spacial score (nSPS) is 21.3. The molecule has 0 radical (unpaired) electrons. The van der Waals surface area contributed by atoms with Crippen molar-refractivity contribution in [3.63, 3.8) is 0 Å². The molecule has 0 aliphatic heterocycles. The van der Waals surface area contributed by atoms with Crippen molar-refractivity contribution in [2.24, 2.45) is 5.73 Å². The first kappa shape index (κ1) is 8.63. The lowest BCUT2D eigenvalue weighted by Gasteiger charge is -2.22. The van der Waals surface area contributed by atoms with Crippen LogP contribution >= 0.6 is 0 Å². The van der Waals surface area contributed by atoms with E-state index in [2.05, 4.69) is 0 Å². The van der Waals surface area contributed by atoms with Crippen LogP contribution in [0.15, 0.2) is 12.1 Å². The molecule has 0 saturated carbocycles. The molecule has 70 valence electrons. The van der Waals surface area contributed by atoms with Gasteiger partial charge < -0.3 is 5.73 Å². The zero-order chi connectivity index (χ0) is 9.42. The molecule has 1 aliphatic rings. The Kier molecular flexibility index (Phi) is 2.04. The highest BCUT2D eigenvalue weighted by atomic mass is 19.2. The van der Waals surface area contributed by atoms with Crippen molar-refractivity contribution in [3.8, 4) is 0 Å². The van der Waals surface area contributed by atoms with Crippen molar-refractivity contribution >= 4 is 0 Å². The molecule has 0 saturated heterocycles. The summed E-state index contributed by atoms with van der Waals surface area (Å²) in [5, 5.41) is 0. The van der Waals surface area contributed by atoms with Crippen LogP contribution in [0.4, 0.5) is 8.78 Å². The van der Waals surface area contributed by atoms with Crippen LogP contribution in [0.5, 0.6) is 0 Å². The lowest BCUT2D eigenvalue weighted by Crippen LogP contribution is -2.18. The van der Waals surface area contributed by atoms with Crippen molar-refractivity contribution < 1.29 is 8.78 Å². The standard InChI is InChI=1S/C10H11F2N/c11-8-5-4-6-7(10(8)12)2-1-3-9(6)13/h4-5,9H,1-3,13H2. The van der Waals surface area contributed by atoms with Gasteiger partial charge in [0.1, 0.15) is 0 Å². The largest absolute Gasteiger partial charge is 0.324 e. The SMILES string of the molecule is NC1CCCc2c1ccc(F)c2F. The maximum Gasteiger partial charge on any atom is 0.162 e. The summed E-state index contributed by atoms with van der Waals surface area (Å²) in [4.78, 5) is 0. The Morgan fingerprint density at radius 2 is 2.08 bits per heavy atom. The Morgan fingerprint density at radius 3 is 2.85 bits per heavy atom. The molecule has 1 nitrogen and oxygen atoms in total. The molecule has 1 aromatic carbocycles. The molecule has 1 aliphatic carbocycles. The topological polar surface area (TPSA) is 26.0 Å². The van der Waals surface area contributed by atoms with Gasteiger partial charge >= 0.3 is 0 Å². The first-order chi connectivity index (χ1) is 6.20. The highest BCUT2D eigenvalue weighted by molar-refractivity contribution is 5.33. The Morgan fingerprint density at radius 1 is 1.31 bits per heavy atom. The minimum Gasteiger partial charge on any atom is -0.324 e. The van der Waals surface area contributed by atoms with Crippen molar-refractivity contribution in [2.75, 3.05) is 0 Å². The second-order valence-electron chi connectivity index (χ2n) is 3.43. The van der Waals surface area contributed by atoms with E-state index >= 15 is 0 Å². The molecule has 3 heteroatoms. The second kappa shape index (κ2) is 3.07. The van der Waals surface area contributed by atoms with E-state index in [1.807, 2.05) is 0 Å². The average molecular weight is 183 g/mol. The number of halogens is 2. The Balaban J connectivity index is 2.56. The van der Waals surface area contributed by atoms with Crippen LogP contribution in [-0.4, -0.2) is 0 Å². The van der Waals surface area contributed by atoms with Gasteiger partial charge in [-0.3, -0.25) is 0 Å². The number of fused-ring (bicyclic) bond motifs is 1. The van der Waals surface area contributed by atoms with Crippen LogP contribution in [0.25, 0.3) is 0 Å². The van der Waals surface area contributed by atoms with E-state index in [1.54, 1.807) is 6.07 Å². The fraction of sp³-hybridized carbons (Fsp3) is 0.400. The highest BCUT2D eigenvalue weighted by Crippen LogP contribution is 2.30. The Hall–Kier alpha value is -0.960. The lowest BCUT2D eigenvalue weighted by molar-refractivity contribution is 0.474. The maximum absolute atomic E-state index is 13.2. The number of hydrogen-bond acceptors (Lipinski definition) is 1. The van der Waals surface area contributed by atoms with E-state index in [-0.39, 0.29) is 6.04 Å². The fourth-order valence-corrected chi connectivity index (χ4v) is 1.86. The first-order valence-electron chi connectivity index (χ1n) is 4.42. The van der Waals surface area contributed by atoms with Gasteiger partial charge in [0.05, 0.1) is 0 Å². The van der Waals surface area contributed by atoms with Gasteiger partial charge in [-0.1, -0.05) is 6.07 Å². The molecule has 0 spiro atoms. The average Bonchev–Trinajstić information content (AvgIpc) is 2.12. The van der Waals surface area contributed by atoms with Crippen LogP contribution < -0.4 is 5.73 Å². The monoisotopic (exact) mass is 183 g/mol. The Labute approximate surface area is 75.6 Å². The molecular formula is C10H11F2N. The minimum absolute atomic E-state index is 0.126. The number of hydrogen-bond donors (Lipinski definition) is 1. The third kappa shape index (κ3) is 1.33. The molecule has 0 fully saturated rings. The van der Waals surface area contributed by atoms with Crippen LogP contribution in [-0.2, 0) is 6.42 Å². The smallest absolute Gasteiger partial charge is 0.162 e.